The molecule has 0 aromatic rings. The van der Waals surface area contributed by atoms with Crippen LogP contribution in [0.15, 0.2) is 22.4 Å². The van der Waals surface area contributed by atoms with Crippen LogP contribution in [0.25, 0.3) is 0 Å². The topological polar surface area (TPSA) is 82.9 Å². The number of allylic oxidation sites excluding steroid dienone is 3. The zero-order valence-electron chi connectivity index (χ0n) is 6.34. The molecule has 6 heteroatoms. The van der Waals surface area contributed by atoms with E-state index < -0.39 is 4.51 Å². The van der Waals surface area contributed by atoms with Gasteiger partial charge in [-0.15, -0.1) is 0 Å². The van der Waals surface area contributed by atoms with Crippen LogP contribution < -0.4 is 5.73 Å². The van der Waals surface area contributed by atoms with Gasteiger partial charge in [0, 0.05) is 10.6 Å². The summed E-state index contributed by atoms with van der Waals surface area (Å²) in [6.45, 7) is 0. The molecule has 68 valence electrons. The summed E-state index contributed by atoms with van der Waals surface area (Å²) in [5.41, 5.74) is 5.29. The maximum Gasteiger partial charge on any atom is 0.240 e. The normalized spacial score (nSPS) is 26.5. The standard InChI is InChI=1S/C7H5Br2N3O/c8-4-1-5(3-10)13-7(9,2-4)6(11)12/h1-2H,(H3,11,12). The summed E-state index contributed by atoms with van der Waals surface area (Å²) in [4.78, 5) is 0. The van der Waals surface area contributed by atoms with Gasteiger partial charge >= 0.3 is 0 Å². The summed E-state index contributed by atoms with van der Waals surface area (Å²) in [5, 5.41) is 15.8. The summed E-state index contributed by atoms with van der Waals surface area (Å²) >= 11 is 6.30. The summed E-state index contributed by atoms with van der Waals surface area (Å²) in [6, 6.07) is 1.83. The van der Waals surface area contributed by atoms with Crippen molar-refractivity contribution in [2.75, 3.05) is 0 Å². The summed E-state index contributed by atoms with van der Waals surface area (Å²) in [6.07, 6.45) is 3.05. The molecule has 0 aromatic heterocycles. The molecule has 13 heavy (non-hydrogen) atoms. The van der Waals surface area contributed by atoms with Crippen molar-refractivity contribution in [3.05, 3.63) is 22.4 Å². The predicted molar refractivity (Wildman–Crippen MR) is 55.4 cm³/mol. The van der Waals surface area contributed by atoms with Crippen molar-refractivity contribution in [2.24, 2.45) is 5.73 Å². The minimum atomic E-state index is -1.20. The molecule has 4 nitrogen and oxygen atoms in total. The van der Waals surface area contributed by atoms with Gasteiger partial charge in [-0.05, 0) is 22.0 Å². The number of nitrogens with zero attached hydrogens (tertiary/aromatic N) is 1. The summed E-state index contributed by atoms with van der Waals surface area (Å²) < 4.78 is 4.55. The van der Waals surface area contributed by atoms with Crippen molar-refractivity contribution >= 4 is 37.7 Å². The lowest BCUT2D eigenvalue weighted by molar-refractivity contribution is 0.192. The number of rotatable bonds is 1. The Kier molecular flexibility index (Phi) is 2.78. The van der Waals surface area contributed by atoms with E-state index in [0.29, 0.717) is 4.48 Å². The lowest BCUT2D eigenvalue weighted by Crippen LogP contribution is -2.39. The third-order valence-electron chi connectivity index (χ3n) is 1.33. The highest BCUT2D eigenvalue weighted by molar-refractivity contribution is 9.12. The first-order valence-corrected chi connectivity index (χ1v) is 4.79. The molecule has 3 N–H and O–H groups in total. The Bertz CT molecular complexity index is 355. The van der Waals surface area contributed by atoms with Crippen molar-refractivity contribution in [1.29, 1.82) is 10.7 Å². The van der Waals surface area contributed by atoms with Crippen LogP contribution in [0.1, 0.15) is 0 Å². The van der Waals surface area contributed by atoms with Gasteiger partial charge < -0.3 is 10.5 Å². The Labute approximate surface area is 91.8 Å². The molecular formula is C7H5Br2N3O. The third kappa shape index (κ3) is 2.11. The number of ether oxygens (including phenoxy) is 1. The molecule has 0 aromatic carbocycles. The van der Waals surface area contributed by atoms with Crippen molar-refractivity contribution in [2.45, 2.75) is 4.51 Å². The number of alkyl halides is 1. The monoisotopic (exact) mass is 305 g/mol. The van der Waals surface area contributed by atoms with E-state index in [0.717, 1.165) is 0 Å². The van der Waals surface area contributed by atoms with Gasteiger partial charge in [0.2, 0.25) is 10.3 Å². The highest BCUT2D eigenvalue weighted by Crippen LogP contribution is 2.32. The van der Waals surface area contributed by atoms with Gasteiger partial charge in [0.25, 0.3) is 0 Å². The van der Waals surface area contributed by atoms with Crippen molar-refractivity contribution in [1.82, 2.24) is 0 Å². The van der Waals surface area contributed by atoms with E-state index in [1.807, 2.05) is 6.07 Å². The van der Waals surface area contributed by atoms with E-state index in [-0.39, 0.29) is 11.6 Å². The highest BCUT2D eigenvalue weighted by atomic mass is 79.9. The van der Waals surface area contributed by atoms with Crippen LogP contribution >= 0.6 is 31.9 Å². The molecule has 0 saturated heterocycles. The Morgan fingerprint density at radius 1 is 1.77 bits per heavy atom. The van der Waals surface area contributed by atoms with Gasteiger partial charge in [-0.1, -0.05) is 15.9 Å². The Morgan fingerprint density at radius 2 is 2.38 bits per heavy atom. The fraction of sp³-hybridized carbons (Fsp3) is 0.143. The van der Waals surface area contributed by atoms with Crippen LogP contribution in [0.5, 0.6) is 0 Å². The molecule has 0 spiro atoms. The number of hydrogen-bond acceptors (Lipinski definition) is 3. The van der Waals surface area contributed by atoms with Crippen molar-refractivity contribution in [3.8, 4) is 6.07 Å². The molecule has 1 unspecified atom stereocenters. The molecule has 1 atom stereocenters. The van der Waals surface area contributed by atoms with Gasteiger partial charge in [-0.2, -0.15) is 5.26 Å². The van der Waals surface area contributed by atoms with Crippen LogP contribution in [-0.4, -0.2) is 10.3 Å². The first-order valence-electron chi connectivity index (χ1n) is 3.20. The van der Waals surface area contributed by atoms with Gasteiger partial charge in [-0.25, -0.2) is 0 Å². The first-order chi connectivity index (χ1) is 5.98. The van der Waals surface area contributed by atoms with Crippen LogP contribution in [0.3, 0.4) is 0 Å². The van der Waals surface area contributed by atoms with Crippen LogP contribution in [0.2, 0.25) is 0 Å². The average molecular weight is 307 g/mol. The van der Waals surface area contributed by atoms with E-state index >= 15 is 0 Å². The quantitative estimate of drug-likeness (QED) is 0.440. The largest absolute Gasteiger partial charge is 0.454 e. The van der Waals surface area contributed by atoms with Gasteiger partial charge in [0.15, 0.2) is 5.84 Å². The van der Waals surface area contributed by atoms with Crippen LogP contribution in [0, 0.1) is 16.7 Å². The van der Waals surface area contributed by atoms with Crippen molar-refractivity contribution < 1.29 is 4.74 Å². The maximum atomic E-state index is 8.60. The molecule has 0 radical (unpaired) electrons. The molecule has 0 amide bonds. The molecule has 1 aliphatic rings. The molecule has 0 fully saturated rings. The summed E-state index contributed by atoms with van der Waals surface area (Å²) in [7, 11) is 0. The van der Waals surface area contributed by atoms with Crippen LogP contribution in [-0.2, 0) is 4.74 Å². The number of halogens is 2. The number of nitriles is 1. The minimum Gasteiger partial charge on any atom is -0.454 e. The molecule has 1 rings (SSSR count). The Hall–Kier alpha value is -0.800. The third-order valence-corrected chi connectivity index (χ3v) is 2.60. The minimum absolute atomic E-state index is 0.0986. The number of amidine groups is 1. The van der Waals surface area contributed by atoms with Gasteiger partial charge in [0.1, 0.15) is 6.07 Å². The number of hydrogen-bond donors (Lipinski definition) is 2. The van der Waals surface area contributed by atoms with E-state index in [1.165, 1.54) is 6.08 Å². The smallest absolute Gasteiger partial charge is 0.240 e. The lowest BCUT2D eigenvalue weighted by atomic mass is 10.2. The first kappa shape index (κ1) is 10.3. The molecular weight excluding hydrogens is 302 g/mol. The number of nitrogens with two attached hydrogens (primary N) is 1. The molecule has 0 saturated carbocycles. The second kappa shape index (κ2) is 3.52. The highest BCUT2D eigenvalue weighted by Gasteiger charge is 2.34. The fourth-order valence-electron chi connectivity index (χ4n) is 0.751. The average Bonchev–Trinajstić information content (AvgIpc) is 2.02. The SMILES string of the molecule is N#CC1=CC(Br)=CC(Br)(C(=N)N)O1. The van der Waals surface area contributed by atoms with E-state index in [9.17, 15) is 0 Å². The zero-order valence-corrected chi connectivity index (χ0v) is 9.52. The van der Waals surface area contributed by atoms with Crippen molar-refractivity contribution in [3.63, 3.8) is 0 Å². The zero-order chi connectivity index (χ0) is 10.1. The molecule has 0 aliphatic carbocycles. The lowest BCUT2D eigenvalue weighted by Gasteiger charge is -2.26. The second-order valence-corrected chi connectivity index (χ2v) is 4.40. The molecule has 0 bridgehead atoms. The van der Waals surface area contributed by atoms with E-state index in [2.05, 4.69) is 31.9 Å². The van der Waals surface area contributed by atoms with E-state index in [1.54, 1.807) is 6.08 Å². The van der Waals surface area contributed by atoms with Crippen LogP contribution in [0.4, 0.5) is 0 Å². The summed E-state index contributed by atoms with van der Waals surface area (Å²) in [5.74, 6) is -0.119. The number of nitrogens with one attached hydrogen (secondary N) is 1. The second-order valence-electron chi connectivity index (χ2n) is 2.31. The Morgan fingerprint density at radius 3 is 2.85 bits per heavy atom. The Balaban J connectivity index is 3.07. The van der Waals surface area contributed by atoms with Gasteiger partial charge in [-0.3, -0.25) is 5.41 Å². The molecule has 1 heterocycles. The van der Waals surface area contributed by atoms with E-state index in [4.69, 9.17) is 21.1 Å². The maximum absolute atomic E-state index is 8.60. The van der Waals surface area contributed by atoms with Gasteiger partial charge in [0.05, 0.1) is 0 Å². The predicted octanol–water partition coefficient (Wildman–Crippen LogP) is 1.73. The molecule has 1 aliphatic heterocycles. The fourth-order valence-corrected chi connectivity index (χ4v) is 2.01.